The first-order valence-corrected chi connectivity index (χ1v) is 11.1. The highest BCUT2D eigenvalue weighted by Crippen LogP contribution is 2.21. The topological polar surface area (TPSA) is 74.9 Å². The number of pyridine rings is 1. The van der Waals surface area contributed by atoms with Crippen LogP contribution in [0.25, 0.3) is 0 Å². The molecule has 3 rings (SSSR count). The minimum Gasteiger partial charge on any atom is -0.467 e. The molecule has 1 fully saturated rings. The Kier molecular flexibility index (Phi) is 11.7. The van der Waals surface area contributed by atoms with Crippen molar-refractivity contribution in [2.24, 2.45) is 10.9 Å². The number of halogens is 1. The van der Waals surface area contributed by atoms with E-state index >= 15 is 0 Å². The van der Waals surface area contributed by atoms with E-state index in [0.717, 1.165) is 61.6 Å². The van der Waals surface area contributed by atoms with E-state index in [1.807, 2.05) is 18.3 Å². The smallest absolute Gasteiger partial charge is 0.191 e. The van der Waals surface area contributed by atoms with Crippen LogP contribution in [0.5, 0.6) is 0 Å². The van der Waals surface area contributed by atoms with Crippen molar-refractivity contribution in [3.05, 3.63) is 48.0 Å². The summed E-state index contributed by atoms with van der Waals surface area (Å²) in [5.74, 6) is 3.58. The van der Waals surface area contributed by atoms with Crippen LogP contribution in [-0.4, -0.2) is 43.7 Å². The van der Waals surface area contributed by atoms with Crippen molar-refractivity contribution in [1.82, 2.24) is 15.6 Å². The number of nitrogens with one attached hydrogen (secondary N) is 2. The number of rotatable bonds is 10. The van der Waals surface area contributed by atoms with Gasteiger partial charge in [0.15, 0.2) is 5.96 Å². The van der Waals surface area contributed by atoms with Crippen molar-refractivity contribution < 1.29 is 9.15 Å². The summed E-state index contributed by atoms with van der Waals surface area (Å²) in [6, 6.07) is 8.05. The van der Waals surface area contributed by atoms with E-state index in [2.05, 4.69) is 51.5 Å². The Labute approximate surface area is 203 Å². The fourth-order valence-electron chi connectivity index (χ4n) is 3.40. The van der Waals surface area contributed by atoms with Gasteiger partial charge in [0.05, 0.1) is 12.8 Å². The lowest BCUT2D eigenvalue weighted by Gasteiger charge is -2.31. The van der Waals surface area contributed by atoms with Crippen molar-refractivity contribution in [1.29, 1.82) is 0 Å². The predicted molar refractivity (Wildman–Crippen MR) is 136 cm³/mol. The third kappa shape index (κ3) is 9.06. The molecule has 0 atom stereocenters. The molecular formula is C23H36IN5O2. The second-order valence-electron chi connectivity index (χ2n) is 7.80. The summed E-state index contributed by atoms with van der Waals surface area (Å²) < 4.78 is 10.9. The molecule has 3 heterocycles. The van der Waals surface area contributed by atoms with Gasteiger partial charge in [-0.3, -0.25) is 0 Å². The number of ether oxygens (including phenoxy) is 1. The van der Waals surface area contributed by atoms with Crippen LogP contribution >= 0.6 is 24.0 Å². The maximum absolute atomic E-state index is 5.61. The van der Waals surface area contributed by atoms with E-state index in [1.165, 1.54) is 12.8 Å². The molecule has 2 aromatic heterocycles. The first-order chi connectivity index (χ1) is 14.7. The molecule has 7 nitrogen and oxygen atoms in total. The quantitative estimate of drug-likeness (QED) is 0.204. The molecule has 31 heavy (non-hydrogen) atoms. The summed E-state index contributed by atoms with van der Waals surface area (Å²) in [4.78, 5) is 11.7. The zero-order valence-corrected chi connectivity index (χ0v) is 21.0. The van der Waals surface area contributed by atoms with Crippen molar-refractivity contribution in [3.63, 3.8) is 0 Å². The molecule has 0 radical (unpaired) electrons. The molecule has 0 aliphatic carbocycles. The fourth-order valence-corrected chi connectivity index (χ4v) is 3.40. The van der Waals surface area contributed by atoms with E-state index < -0.39 is 0 Å². The minimum atomic E-state index is 0. The van der Waals surface area contributed by atoms with Gasteiger partial charge in [0, 0.05) is 39.0 Å². The van der Waals surface area contributed by atoms with Crippen molar-refractivity contribution >= 4 is 35.8 Å². The zero-order valence-electron chi connectivity index (χ0n) is 18.7. The number of guanidine groups is 1. The summed E-state index contributed by atoms with van der Waals surface area (Å²) in [6.07, 6.45) is 7.01. The average Bonchev–Trinajstić information content (AvgIpc) is 3.29. The van der Waals surface area contributed by atoms with Crippen LogP contribution in [0, 0.1) is 5.92 Å². The molecular weight excluding hydrogens is 505 g/mol. The Morgan fingerprint density at radius 1 is 1.26 bits per heavy atom. The van der Waals surface area contributed by atoms with Crippen molar-refractivity contribution in [2.75, 3.05) is 37.7 Å². The molecule has 1 saturated heterocycles. The minimum absolute atomic E-state index is 0. The van der Waals surface area contributed by atoms with E-state index in [1.54, 1.807) is 6.26 Å². The lowest BCUT2D eigenvalue weighted by Crippen LogP contribution is -2.38. The highest BCUT2D eigenvalue weighted by Gasteiger charge is 2.16. The van der Waals surface area contributed by atoms with Crippen molar-refractivity contribution in [2.45, 2.75) is 46.3 Å². The SMILES string of the molecule is CCNC(=NCc1ccc(N2CCC(C)CC2)nc1)NCCCOCc1ccco1.I. The second-order valence-corrected chi connectivity index (χ2v) is 7.80. The van der Waals surface area contributed by atoms with Gasteiger partial charge in [0.2, 0.25) is 0 Å². The number of nitrogens with zero attached hydrogens (tertiary/aromatic N) is 3. The molecule has 8 heteroatoms. The Balaban J connectivity index is 0.00000341. The van der Waals surface area contributed by atoms with E-state index in [0.29, 0.717) is 19.8 Å². The molecule has 0 aromatic carbocycles. The highest BCUT2D eigenvalue weighted by molar-refractivity contribution is 14.0. The van der Waals surface area contributed by atoms with Crippen LogP contribution < -0.4 is 15.5 Å². The van der Waals surface area contributed by atoms with Gasteiger partial charge in [0.1, 0.15) is 18.2 Å². The standard InChI is InChI=1S/C23H35N5O2.HI/c1-3-24-23(25-11-5-14-29-18-21-6-4-15-30-21)27-17-20-7-8-22(26-16-20)28-12-9-19(2)10-13-28;/h4,6-8,15-16,19H,3,5,9-14,17-18H2,1-2H3,(H2,24,25,27);1H. The molecule has 1 aliphatic rings. The molecule has 2 N–H and O–H groups in total. The van der Waals surface area contributed by atoms with Gasteiger partial charge >= 0.3 is 0 Å². The predicted octanol–water partition coefficient (Wildman–Crippen LogP) is 4.19. The zero-order chi connectivity index (χ0) is 21.0. The van der Waals surface area contributed by atoms with Crippen LogP contribution in [0.2, 0.25) is 0 Å². The molecule has 0 spiro atoms. The van der Waals surface area contributed by atoms with Crippen LogP contribution in [-0.2, 0) is 17.9 Å². The summed E-state index contributed by atoms with van der Waals surface area (Å²) in [5.41, 5.74) is 1.11. The molecule has 0 amide bonds. The van der Waals surface area contributed by atoms with Gasteiger partial charge in [-0.05, 0) is 55.9 Å². The molecule has 172 valence electrons. The number of hydrogen-bond donors (Lipinski definition) is 2. The molecule has 1 aliphatic heterocycles. The summed E-state index contributed by atoms with van der Waals surface area (Å²) in [6.45, 7) is 10.0. The van der Waals surface area contributed by atoms with Gasteiger partial charge in [-0.2, -0.15) is 0 Å². The van der Waals surface area contributed by atoms with Crippen LogP contribution in [0.3, 0.4) is 0 Å². The number of aliphatic imine (C=N–C) groups is 1. The number of anilines is 1. The average molecular weight is 541 g/mol. The van der Waals surface area contributed by atoms with Gasteiger partial charge in [-0.15, -0.1) is 24.0 Å². The Morgan fingerprint density at radius 3 is 2.77 bits per heavy atom. The van der Waals surface area contributed by atoms with Gasteiger partial charge in [-0.1, -0.05) is 13.0 Å². The molecule has 0 saturated carbocycles. The number of piperidine rings is 1. The number of furan rings is 1. The fraction of sp³-hybridized carbons (Fsp3) is 0.565. The summed E-state index contributed by atoms with van der Waals surface area (Å²) in [5, 5.41) is 6.65. The normalized spacial score (nSPS) is 14.9. The molecule has 0 bridgehead atoms. The van der Waals surface area contributed by atoms with Crippen molar-refractivity contribution in [3.8, 4) is 0 Å². The second kappa shape index (κ2) is 14.3. The van der Waals surface area contributed by atoms with Crippen LogP contribution in [0.4, 0.5) is 5.82 Å². The Bertz CT molecular complexity index is 744. The lowest BCUT2D eigenvalue weighted by atomic mass is 9.99. The van der Waals surface area contributed by atoms with E-state index in [9.17, 15) is 0 Å². The van der Waals surface area contributed by atoms with E-state index in [-0.39, 0.29) is 24.0 Å². The Hall–Kier alpha value is -1.81. The Morgan fingerprint density at radius 2 is 2.10 bits per heavy atom. The van der Waals surface area contributed by atoms with Crippen LogP contribution in [0.15, 0.2) is 46.1 Å². The monoisotopic (exact) mass is 541 g/mol. The summed E-state index contributed by atoms with van der Waals surface area (Å²) in [7, 11) is 0. The van der Waals surface area contributed by atoms with Gasteiger partial charge in [-0.25, -0.2) is 9.98 Å². The third-order valence-corrected chi connectivity index (χ3v) is 5.26. The van der Waals surface area contributed by atoms with E-state index in [4.69, 9.17) is 9.15 Å². The van der Waals surface area contributed by atoms with Crippen LogP contribution in [0.1, 0.15) is 44.4 Å². The largest absolute Gasteiger partial charge is 0.467 e. The summed E-state index contributed by atoms with van der Waals surface area (Å²) >= 11 is 0. The molecule has 0 unspecified atom stereocenters. The maximum atomic E-state index is 5.61. The maximum Gasteiger partial charge on any atom is 0.191 e. The third-order valence-electron chi connectivity index (χ3n) is 5.26. The van der Waals surface area contributed by atoms with Gasteiger partial charge < -0.3 is 24.7 Å². The van der Waals surface area contributed by atoms with Gasteiger partial charge in [0.25, 0.3) is 0 Å². The number of aromatic nitrogens is 1. The highest BCUT2D eigenvalue weighted by atomic mass is 127. The molecule has 2 aromatic rings. The number of hydrogen-bond acceptors (Lipinski definition) is 5. The first-order valence-electron chi connectivity index (χ1n) is 11.1. The lowest BCUT2D eigenvalue weighted by molar-refractivity contribution is 0.105. The first kappa shape index (κ1) is 25.5.